The molecular weight excluding hydrogens is 422 g/mol. The lowest BCUT2D eigenvalue weighted by Gasteiger charge is -2.57. The maximum Gasteiger partial charge on any atom is 0.311 e. The molecule has 0 aromatic carbocycles. The molecule has 0 N–H and O–H groups in total. The summed E-state index contributed by atoms with van der Waals surface area (Å²) in [5.41, 5.74) is 2.46. The van der Waals surface area contributed by atoms with Crippen molar-refractivity contribution >= 4 is 5.97 Å². The number of hydrogen-bond donors (Lipinski definition) is 0. The van der Waals surface area contributed by atoms with Crippen LogP contribution in [-0.2, 0) is 22.5 Å². The Hall–Kier alpha value is -1.55. The van der Waals surface area contributed by atoms with Gasteiger partial charge in [0.15, 0.2) is 0 Å². The van der Waals surface area contributed by atoms with Crippen molar-refractivity contribution in [3.63, 3.8) is 0 Å². The van der Waals surface area contributed by atoms with Crippen LogP contribution in [0.5, 0.6) is 0 Å². The number of fused-ring (bicyclic) bond motifs is 1. The molecule has 192 valence electrons. The number of carbonyl (C=O) groups excluding carboxylic acids is 1. The predicted octanol–water partition coefficient (Wildman–Crippen LogP) is 7.57. The summed E-state index contributed by atoms with van der Waals surface area (Å²) >= 11 is 0. The minimum atomic E-state index is -0.374. The molecule has 0 aliphatic heterocycles. The van der Waals surface area contributed by atoms with Gasteiger partial charge in [0.1, 0.15) is 5.76 Å². The Morgan fingerprint density at radius 2 is 1.91 bits per heavy atom. The molecule has 0 bridgehead atoms. The van der Waals surface area contributed by atoms with E-state index in [1.807, 2.05) is 6.26 Å². The van der Waals surface area contributed by atoms with Gasteiger partial charge >= 0.3 is 5.97 Å². The molecule has 0 radical (unpaired) electrons. The van der Waals surface area contributed by atoms with Gasteiger partial charge in [-0.05, 0) is 100 Å². The molecule has 2 fully saturated rings. The number of carbonyl (C=O) groups is 1. The van der Waals surface area contributed by atoms with Gasteiger partial charge in [-0.3, -0.25) is 9.69 Å². The molecule has 0 amide bonds. The number of ether oxygens (including phenoxy) is 1. The van der Waals surface area contributed by atoms with Gasteiger partial charge in [-0.15, -0.1) is 0 Å². The van der Waals surface area contributed by atoms with Crippen molar-refractivity contribution in [1.82, 2.24) is 4.90 Å². The van der Waals surface area contributed by atoms with Crippen molar-refractivity contribution < 1.29 is 13.9 Å². The van der Waals surface area contributed by atoms with E-state index in [1.54, 1.807) is 7.11 Å². The quantitative estimate of drug-likeness (QED) is 0.233. The van der Waals surface area contributed by atoms with E-state index in [9.17, 15) is 4.79 Å². The number of aryl methyl sites for hydroxylation is 1. The molecule has 0 saturated heterocycles. The van der Waals surface area contributed by atoms with Crippen LogP contribution in [0.3, 0.4) is 0 Å². The van der Waals surface area contributed by atoms with Crippen LogP contribution < -0.4 is 0 Å². The van der Waals surface area contributed by atoms with Crippen LogP contribution in [0.15, 0.2) is 28.9 Å². The van der Waals surface area contributed by atoms with Crippen molar-refractivity contribution in [2.45, 2.75) is 105 Å². The van der Waals surface area contributed by atoms with Gasteiger partial charge in [0.2, 0.25) is 0 Å². The molecule has 1 heterocycles. The van der Waals surface area contributed by atoms with Crippen LogP contribution in [0.2, 0.25) is 0 Å². The highest BCUT2D eigenvalue weighted by atomic mass is 16.5. The summed E-state index contributed by atoms with van der Waals surface area (Å²) in [4.78, 5) is 15.4. The predicted molar refractivity (Wildman–Crippen MR) is 140 cm³/mol. The fourth-order valence-corrected chi connectivity index (χ4v) is 7.22. The molecule has 2 saturated carbocycles. The fraction of sp³-hybridized carbons (Fsp3) is 0.767. The summed E-state index contributed by atoms with van der Waals surface area (Å²) in [5.74, 6) is 1.91. The average molecular weight is 472 g/mol. The summed E-state index contributed by atoms with van der Waals surface area (Å²) in [6, 6.07) is 2.18. The average Bonchev–Trinajstić information content (AvgIpc) is 3.26. The first-order valence-corrected chi connectivity index (χ1v) is 13.8. The fourth-order valence-electron chi connectivity index (χ4n) is 7.22. The zero-order chi connectivity index (χ0) is 24.8. The zero-order valence-electron chi connectivity index (χ0n) is 22.6. The van der Waals surface area contributed by atoms with Crippen LogP contribution in [0.4, 0.5) is 0 Å². The maximum absolute atomic E-state index is 12.9. The molecule has 34 heavy (non-hydrogen) atoms. The molecule has 1 aromatic heterocycles. The van der Waals surface area contributed by atoms with Crippen LogP contribution >= 0.6 is 0 Å². The van der Waals surface area contributed by atoms with Crippen LogP contribution in [0.1, 0.15) is 103 Å². The van der Waals surface area contributed by atoms with Crippen molar-refractivity contribution in [3.8, 4) is 0 Å². The van der Waals surface area contributed by atoms with Crippen molar-refractivity contribution in [2.24, 2.45) is 22.7 Å². The van der Waals surface area contributed by atoms with Gasteiger partial charge < -0.3 is 9.15 Å². The number of esters is 1. The highest BCUT2D eigenvalue weighted by Gasteiger charge is 2.57. The Morgan fingerprint density at radius 3 is 2.56 bits per heavy atom. The molecule has 4 heteroatoms. The first kappa shape index (κ1) is 27.0. The van der Waals surface area contributed by atoms with E-state index in [4.69, 9.17) is 9.15 Å². The number of rotatable bonds is 12. The molecule has 4 nitrogen and oxygen atoms in total. The van der Waals surface area contributed by atoms with Crippen molar-refractivity contribution in [1.29, 1.82) is 0 Å². The topological polar surface area (TPSA) is 42.7 Å². The number of unbranched alkanes of at least 4 members (excludes halogenated alkanes) is 2. The molecule has 4 atom stereocenters. The lowest BCUT2D eigenvalue weighted by atomic mass is 9.46. The van der Waals surface area contributed by atoms with E-state index in [2.05, 4.69) is 45.2 Å². The molecule has 2 aliphatic carbocycles. The van der Waals surface area contributed by atoms with Crippen LogP contribution in [0, 0.1) is 22.7 Å². The number of furan rings is 1. The summed E-state index contributed by atoms with van der Waals surface area (Å²) in [7, 11) is 1.55. The monoisotopic (exact) mass is 471 g/mol. The maximum atomic E-state index is 12.9. The lowest BCUT2D eigenvalue weighted by molar-refractivity contribution is -0.168. The third kappa shape index (κ3) is 5.64. The van der Waals surface area contributed by atoms with Crippen LogP contribution in [-0.4, -0.2) is 31.1 Å². The summed E-state index contributed by atoms with van der Waals surface area (Å²) in [5, 5.41) is 0. The van der Waals surface area contributed by atoms with E-state index in [1.165, 1.54) is 43.2 Å². The standard InChI is InChI=1S/C30H49NO3/c1-7-9-19-31(20-10-8-2)22-26-24(16-21-34-26)13-14-25-23(3)12-15-27-29(25,4)17-11-18-30(27,5)28(32)33-6/h16,21,25,27H,3,7-15,17-20,22H2,1-2,4-6H3/t25-,27+,29+,30+/m0/s1. The van der Waals surface area contributed by atoms with E-state index < -0.39 is 0 Å². The summed E-state index contributed by atoms with van der Waals surface area (Å²) in [6.07, 6.45) is 14.2. The number of hydrogen-bond acceptors (Lipinski definition) is 4. The van der Waals surface area contributed by atoms with Gasteiger partial charge in [0.05, 0.1) is 25.3 Å². The molecule has 2 aliphatic rings. The second-order valence-electron chi connectivity index (χ2n) is 11.5. The van der Waals surface area contributed by atoms with E-state index in [0.717, 1.165) is 63.9 Å². The smallest absolute Gasteiger partial charge is 0.311 e. The highest BCUT2D eigenvalue weighted by Crippen LogP contribution is 2.62. The number of methoxy groups -OCH3 is 1. The second-order valence-corrected chi connectivity index (χ2v) is 11.5. The van der Waals surface area contributed by atoms with Gasteiger partial charge in [-0.25, -0.2) is 0 Å². The highest BCUT2D eigenvalue weighted by molar-refractivity contribution is 5.77. The third-order valence-corrected chi connectivity index (χ3v) is 9.23. The van der Waals surface area contributed by atoms with Gasteiger partial charge in [-0.2, -0.15) is 0 Å². The minimum absolute atomic E-state index is 0.0222. The summed E-state index contributed by atoms with van der Waals surface area (Å²) < 4.78 is 11.3. The summed E-state index contributed by atoms with van der Waals surface area (Å²) in [6.45, 7) is 16.8. The van der Waals surface area contributed by atoms with E-state index in [0.29, 0.717) is 11.8 Å². The zero-order valence-corrected chi connectivity index (χ0v) is 22.6. The van der Waals surface area contributed by atoms with E-state index >= 15 is 0 Å². The largest absolute Gasteiger partial charge is 0.469 e. The Labute approximate surface area is 208 Å². The SMILES string of the molecule is C=C1CC[C@@H]2[C@](C)(CCC[C@@]2(C)C(=O)OC)[C@H]1CCc1ccoc1CN(CCCC)CCCC. The van der Waals surface area contributed by atoms with Crippen LogP contribution in [0.25, 0.3) is 0 Å². The Kier molecular flexibility index (Phi) is 9.49. The first-order valence-electron chi connectivity index (χ1n) is 13.8. The van der Waals surface area contributed by atoms with Gasteiger partial charge in [-0.1, -0.05) is 52.2 Å². The molecule has 0 spiro atoms. The normalized spacial score (nSPS) is 29.3. The van der Waals surface area contributed by atoms with Gasteiger partial charge in [0, 0.05) is 0 Å². The second kappa shape index (κ2) is 11.9. The number of nitrogens with zero attached hydrogens (tertiary/aromatic N) is 1. The Morgan fingerprint density at radius 1 is 1.21 bits per heavy atom. The minimum Gasteiger partial charge on any atom is -0.469 e. The molecule has 0 unspecified atom stereocenters. The number of allylic oxidation sites excluding steroid dienone is 1. The van der Waals surface area contributed by atoms with E-state index in [-0.39, 0.29) is 16.8 Å². The third-order valence-electron chi connectivity index (χ3n) is 9.23. The first-order chi connectivity index (χ1) is 16.3. The molecular formula is C30H49NO3. The molecule has 3 rings (SSSR count). The Bertz CT molecular complexity index is 806. The Balaban J connectivity index is 1.73. The van der Waals surface area contributed by atoms with Crippen molar-refractivity contribution in [2.75, 3.05) is 20.2 Å². The lowest BCUT2D eigenvalue weighted by Crippen LogP contribution is -2.53. The van der Waals surface area contributed by atoms with Crippen molar-refractivity contribution in [3.05, 3.63) is 35.8 Å². The van der Waals surface area contributed by atoms with Gasteiger partial charge in [0.25, 0.3) is 0 Å². The molecule has 1 aromatic rings.